The van der Waals surface area contributed by atoms with Gasteiger partial charge in [0.05, 0.1) is 4.75 Å². The van der Waals surface area contributed by atoms with Crippen LogP contribution in [-0.4, -0.2) is 54.2 Å². The fourth-order valence-corrected chi connectivity index (χ4v) is 3.21. The van der Waals surface area contributed by atoms with Crippen molar-refractivity contribution in [2.75, 3.05) is 12.9 Å². The Kier molecular flexibility index (Phi) is 7.27. The first-order valence-electron chi connectivity index (χ1n) is 9.18. The average Bonchev–Trinajstić information content (AvgIpc) is 3.46. The van der Waals surface area contributed by atoms with E-state index in [4.69, 9.17) is 10.3 Å². The third-order valence-corrected chi connectivity index (χ3v) is 7.28. The first kappa shape index (κ1) is 23.4. The van der Waals surface area contributed by atoms with Crippen LogP contribution in [0.1, 0.15) is 36.2 Å². The molecule has 30 heavy (non-hydrogen) atoms. The number of aliphatic hydroxyl groups excluding tert-OH is 1. The number of carbonyl (C=O) groups excluding carboxylic acids is 2. The SMILES string of the molecule is CC(C)([C@H](NC(=O)c1ccc(C#CC#C[C@@H]2C[C@H]2CO)cc1)C(=O)NO)S(C)(=O)=O. The van der Waals surface area contributed by atoms with E-state index in [1.807, 2.05) is 0 Å². The lowest BCUT2D eigenvalue weighted by Crippen LogP contribution is -2.60. The molecule has 0 saturated heterocycles. The van der Waals surface area contributed by atoms with Crippen molar-refractivity contribution in [3.8, 4) is 23.7 Å². The Balaban J connectivity index is 2.10. The molecule has 1 aromatic rings. The summed E-state index contributed by atoms with van der Waals surface area (Å²) in [6.45, 7) is 2.71. The molecule has 0 aliphatic heterocycles. The van der Waals surface area contributed by atoms with Crippen molar-refractivity contribution in [3.05, 3.63) is 35.4 Å². The molecule has 0 spiro atoms. The molecule has 3 atom stereocenters. The Morgan fingerprint density at radius 2 is 1.87 bits per heavy atom. The minimum atomic E-state index is -3.74. The van der Waals surface area contributed by atoms with E-state index in [2.05, 4.69) is 29.0 Å². The van der Waals surface area contributed by atoms with E-state index >= 15 is 0 Å². The molecule has 0 heterocycles. The normalized spacial score (nSPS) is 18.7. The molecule has 9 heteroatoms. The summed E-state index contributed by atoms with van der Waals surface area (Å²) in [5.41, 5.74) is 2.21. The third kappa shape index (κ3) is 5.61. The van der Waals surface area contributed by atoms with Crippen LogP contribution in [0.3, 0.4) is 0 Å². The highest BCUT2D eigenvalue weighted by molar-refractivity contribution is 7.92. The van der Waals surface area contributed by atoms with E-state index in [0.29, 0.717) is 5.56 Å². The molecule has 1 fully saturated rings. The highest BCUT2D eigenvalue weighted by atomic mass is 32.2. The summed E-state index contributed by atoms with van der Waals surface area (Å²) in [5.74, 6) is 10.0. The number of hydrogen-bond donors (Lipinski definition) is 4. The number of hydroxylamine groups is 1. The molecule has 2 rings (SSSR count). The van der Waals surface area contributed by atoms with Gasteiger partial charge in [-0.3, -0.25) is 14.8 Å². The quantitative estimate of drug-likeness (QED) is 0.286. The smallest absolute Gasteiger partial charge is 0.267 e. The number of hydrogen-bond acceptors (Lipinski definition) is 6. The van der Waals surface area contributed by atoms with E-state index in [9.17, 15) is 18.0 Å². The fourth-order valence-electron chi connectivity index (χ4n) is 2.61. The molecule has 1 aliphatic carbocycles. The molecular weight excluding hydrogens is 408 g/mol. The Morgan fingerprint density at radius 1 is 1.23 bits per heavy atom. The molecule has 0 aromatic heterocycles. The Hall–Kier alpha value is -2.85. The highest BCUT2D eigenvalue weighted by Crippen LogP contribution is 2.36. The summed E-state index contributed by atoms with van der Waals surface area (Å²) < 4.78 is 22.4. The average molecular weight is 432 g/mol. The van der Waals surface area contributed by atoms with Gasteiger partial charge in [-0.05, 0) is 62.3 Å². The van der Waals surface area contributed by atoms with Gasteiger partial charge in [-0.2, -0.15) is 0 Å². The van der Waals surface area contributed by atoms with Gasteiger partial charge >= 0.3 is 0 Å². The van der Waals surface area contributed by atoms with E-state index in [-0.39, 0.29) is 24.0 Å². The second kappa shape index (κ2) is 9.31. The van der Waals surface area contributed by atoms with Crippen molar-refractivity contribution in [1.29, 1.82) is 0 Å². The summed E-state index contributed by atoms with van der Waals surface area (Å²) in [4.78, 5) is 24.5. The van der Waals surface area contributed by atoms with Crippen molar-refractivity contribution in [2.24, 2.45) is 11.8 Å². The minimum Gasteiger partial charge on any atom is -0.396 e. The number of rotatable bonds is 6. The van der Waals surface area contributed by atoms with Crippen LogP contribution in [0.4, 0.5) is 0 Å². The van der Waals surface area contributed by atoms with Crippen LogP contribution in [0.2, 0.25) is 0 Å². The number of benzene rings is 1. The number of amides is 2. The number of nitrogens with one attached hydrogen (secondary N) is 2. The maximum atomic E-state index is 12.5. The molecule has 1 aliphatic rings. The zero-order valence-electron chi connectivity index (χ0n) is 16.9. The summed E-state index contributed by atoms with van der Waals surface area (Å²) in [5, 5.41) is 20.3. The lowest BCUT2D eigenvalue weighted by Gasteiger charge is -2.31. The Bertz CT molecular complexity index is 1040. The van der Waals surface area contributed by atoms with Gasteiger partial charge in [0.15, 0.2) is 9.84 Å². The van der Waals surface area contributed by atoms with Crippen LogP contribution < -0.4 is 10.8 Å². The molecule has 0 radical (unpaired) electrons. The number of sulfone groups is 1. The summed E-state index contributed by atoms with van der Waals surface area (Å²) >= 11 is 0. The Labute approximate surface area is 175 Å². The molecular formula is C21H24N2O6S. The van der Waals surface area contributed by atoms with E-state index < -0.39 is 32.4 Å². The number of aliphatic hydroxyl groups is 1. The lowest BCUT2D eigenvalue weighted by molar-refractivity contribution is -0.131. The van der Waals surface area contributed by atoms with E-state index in [0.717, 1.165) is 12.7 Å². The molecule has 0 unspecified atom stereocenters. The van der Waals surface area contributed by atoms with Gasteiger partial charge < -0.3 is 10.4 Å². The van der Waals surface area contributed by atoms with Crippen LogP contribution in [0.25, 0.3) is 0 Å². The van der Waals surface area contributed by atoms with Crippen LogP contribution >= 0.6 is 0 Å². The summed E-state index contributed by atoms with van der Waals surface area (Å²) in [6, 6.07) is 4.65. The van der Waals surface area contributed by atoms with Gasteiger partial charge in [0.2, 0.25) is 0 Å². The number of carbonyl (C=O) groups is 2. The molecule has 8 nitrogen and oxygen atoms in total. The second-order valence-electron chi connectivity index (χ2n) is 7.64. The monoisotopic (exact) mass is 432 g/mol. The standard InChI is InChI=1S/C21H24N2O6S/c1-21(2,30(3,28)29)18(20(26)23-27)22-19(25)15-10-8-14(9-11-15)6-4-5-7-16-12-17(16)13-24/h8-11,16-18,24,27H,12-13H2,1-3H3,(H,22,25)(H,23,26)/t16-,17+,18-/m1/s1. The summed E-state index contributed by atoms with van der Waals surface area (Å²) in [6.07, 6.45) is 1.83. The molecule has 4 N–H and O–H groups in total. The van der Waals surface area contributed by atoms with Gasteiger partial charge in [0.25, 0.3) is 11.8 Å². The second-order valence-corrected chi connectivity index (χ2v) is 10.2. The fraction of sp³-hybridized carbons (Fsp3) is 0.429. The summed E-state index contributed by atoms with van der Waals surface area (Å²) in [7, 11) is -3.74. The van der Waals surface area contributed by atoms with Crippen molar-refractivity contribution in [3.63, 3.8) is 0 Å². The highest BCUT2D eigenvalue weighted by Gasteiger charge is 2.44. The van der Waals surface area contributed by atoms with Gasteiger partial charge in [-0.1, -0.05) is 11.8 Å². The van der Waals surface area contributed by atoms with Gasteiger partial charge in [-0.15, -0.1) is 0 Å². The zero-order valence-corrected chi connectivity index (χ0v) is 17.7. The van der Waals surface area contributed by atoms with Crippen molar-refractivity contribution >= 4 is 21.7 Å². The van der Waals surface area contributed by atoms with E-state index in [1.165, 1.54) is 31.5 Å². The van der Waals surface area contributed by atoms with E-state index in [1.54, 1.807) is 12.1 Å². The first-order chi connectivity index (χ1) is 14.0. The molecule has 1 saturated carbocycles. The predicted octanol–water partition coefficient (Wildman–Crippen LogP) is 0.0969. The lowest BCUT2D eigenvalue weighted by atomic mass is 10.0. The molecule has 160 valence electrons. The predicted molar refractivity (Wildman–Crippen MR) is 110 cm³/mol. The molecule has 0 bridgehead atoms. The van der Waals surface area contributed by atoms with Crippen molar-refractivity contribution in [2.45, 2.75) is 31.1 Å². The van der Waals surface area contributed by atoms with Crippen molar-refractivity contribution in [1.82, 2.24) is 10.8 Å². The van der Waals surface area contributed by atoms with Crippen LogP contribution in [-0.2, 0) is 14.6 Å². The van der Waals surface area contributed by atoms with Gasteiger partial charge in [0.1, 0.15) is 6.04 Å². The first-order valence-corrected chi connectivity index (χ1v) is 11.1. The topological polar surface area (TPSA) is 133 Å². The van der Waals surface area contributed by atoms with Crippen LogP contribution in [0.5, 0.6) is 0 Å². The maximum absolute atomic E-state index is 12.5. The van der Waals surface area contributed by atoms with Gasteiger partial charge in [0, 0.05) is 29.9 Å². The Morgan fingerprint density at radius 3 is 2.37 bits per heavy atom. The molecule has 2 amide bonds. The minimum absolute atomic E-state index is 0.137. The third-order valence-electron chi connectivity index (χ3n) is 5.13. The largest absolute Gasteiger partial charge is 0.396 e. The maximum Gasteiger partial charge on any atom is 0.267 e. The zero-order chi connectivity index (χ0) is 22.5. The van der Waals surface area contributed by atoms with Crippen molar-refractivity contribution < 1.29 is 28.3 Å². The van der Waals surface area contributed by atoms with Crippen LogP contribution in [0.15, 0.2) is 24.3 Å². The van der Waals surface area contributed by atoms with Gasteiger partial charge in [-0.25, -0.2) is 13.9 Å². The molecule has 1 aromatic carbocycles. The van der Waals surface area contributed by atoms with Crippen LogP contribution in [0, 0.1) is 35.5 Å².